The predicted molar refractivity (Wildman–Crippen MR) is 108 cm³/mol. The third-order valence-electron chi connectivity index (χ3n) is 6.36. The third kappa shape index (κ3) is 4.41. The Balaban J connectivity index is 1.24. The smallest absolute Gasteiger partial charge is 0.256 e. The van der Waals surface area contributed by atoms with E-state index in [0.717, 1.165) is 51.0 Å². The van der Waals surface area contributed by atoms with E-state index in [1.807, 2.05) is 0 Å². The molecule has 0 N–H and O–H groups in total. The van der Waals surface area contributed by atoms with Crippen LogP contribution < -0.4 is 0 Å². The topological polar surface area (TPSA) is 36.4 Å². The third-order valence-corrected chi connectivity index (χ3v) is 6.36. The summed E-state index contributed by atoms with van der Waals surface area (Å²) in [5, 5.41) is 0. The molecule has 4 rings (SSSR count). The lowest BCUT2D eigenvalue weighted by molar-refractivity contribution is 0.0654. The molecule has 2 aromatic rings. The minimum atomic E-state index is -0.528. The molecule has 0 aliphatic carbocycles. The Bertz CT molecular complexity index is 789. The highest BCUT2D eigenvalue weighted by Crippen LogP contribution is 2.32. The van der Waals surface area contributed by atoms with E-state index >= 15 is 0 Å². The zero-order valence-electron chi connectivity index (χ0n) is 16.3. The lowest BCUT2D eigenvalue weighted by Crippen LogP contribution is -2.40. The van der Waals surface area contributed by atoms with Crippen molar-refractivity contribution in [2.45, 2.75) is 25.7 Å². The highest BCUT2D eigenvalue weighted by Gasteiger charge is 2.33. The van der Waals surface area contributed by atoms with Crippen LogP contribution in [0.1, 0.15) is 35.2 Å². The van der Waals surface area contributed by atoms with Gasteiger partial charge in [-0.05, 0) is 55.7 Å². The van der Waals surface area contributed by atoms with Crippen LogP contribution in [0.4, 0.5) is 4.39 Å². The molecule has 1 unspecified atom stereocenters. The van der Waals surface area contributed by atoms with Crippen molar-refractivity contribution in [1.82, 2.24) is 14.8 Å². The molecule has 1 aromatic heterocycles. The second-order valence-electron chi connectivity index (χ2n) is 8.07. The van der Waals surface area contributed by atoms with Crippen LogP contribution in [0.2, 0.25) is 0 Å². The fourth-order valence-electron chi connectivity index (χ4n) is 4.68. The first-order valence-corrected chi connectivity index (χ1v) is 10.4. The molecule has 1 amide bonds. The zero-order valence-corrected chi connectivity index (χ0v) is 16.3. The lowest BCUT2D eigenvalue weighted by atomic mass is 9.83. The van der Waals surface area contributed by atoms with E-state index in [4.69, 9.17) is 0 Å². The van der Waals surface area contributed by atoms with Gasteiger partial charge in [0.2, 0.25) is 0 Å². The minimum Gasteiger partial charge on any atom is -0.339 e. The molecule has 4 nitrogen and oxygen atoms in total. The molecule has 5 heteroatoms. The van der Waals surface area contributed by atoms with Crippen LogP contribution in [0, 0.1) is 17.7 Å². The molecule has 0 spiro atoms. The standard InChI is InChI=1S/C23H28FN3O/c24-22-16-25-11-6-21(22)23(28)27-14-9-19(10-15-27)20-8-13-26(17-20)12-7-18-4-2-1-3-5-18/h1-6,11,16,19-20H,7-10,12-15,17H2. The molecule has 2 aliphatic heterocycles. The number of piperidine rings is 1. The fraction of sp³-hybridized carbons (Fsp3) is 0.478. The van der Waals surface area contributed by atoms with Crippen LogP contribution in [0.3, 0.4) is 0 Å². The quantitative estimate of drug-likeness (QED) is 0.793. The average Bonchev–Trinajstić information content (AvgIpc) is 3.22. The van der Waals surface area contributed by atoms with Crippen molar-refractivity contribution >= 4 is 5.91 Å². The average molecular weight is 381 g/mol. The Morgan fingerprint density at radius 2 is 1.79 bits per heavy atom. The second kappa shape index (κ2) is 8.82. The minimum absolute atomic E-state index is 0.140. The maximum Gasteiger partial charge on any atom is 0.256 e. The van der Waals surface area contributed by atoms with E-state index in [2.05, 4.69) is 40.2 Å². The Labute approximate surface area is 166 Å². The number of nitrogens with zero attached hydrogens (tertiary/aromatic N) is 3. The first kappa shape index (κ1) is 19.1. The van der Waals surface area contributed by atoms with Gasteiger partial charge in [-0.2, -0.15) is 0 Å². The summed E-state index contributed by atoms with van der Waals surface area (Å²) in [4.78, 5) is 20.7. The summed E-state index contributed by atoms with van der Waals surface area (Å²) in [5.74, 6) is 0.674. The van der Waals surface area contributed by atoms with E-state index in [1.165, 1.54) is 37.3 Å². The fourth-order valence-corrected chi connectivity index (χ4v) is 4.68. The number of halogens is 1. The van der Waals surface area contributed by atoms with E-state index in [0.29, 0.717) is 5.92 Å². The highest BCUT2D eigenvalue weighted by atomic mass is 19.1. The lowest BCUT2D eigenvalue weighted by Gasteiger charge is -2.35. The molecule has 148 valence electrons. The van der Waals surface area contributed by atoms with Crippen LogP contribution in [-0.4, -0.2) is 53.4 Å². The van der Waals surface area contributed by atoms with Crippen LogP contribution >= 0.6 is 0 Å². The molecule has 28 heavy (non-hydrogen) atoms. The van der Waals surface area contributed by atoms with Gasteiger partial charge in [-0.1, -0.05) is 30.3 Å². The first-order chi connectivity index (χ1) is 13.7. The molecule has 0 saturated carbocycles. The van der Waals surface area contributed by atoms with Crippen molar-refractivity contribution in [3.63, 3.8) is 0 Å². The molecule has 1 aromatic carbocycles. The van der Waals surface area contributed by atoms with Crippen molar-refractivity contribution in [3.8, 4) is 0 Å². The Morgan fingerprint density at radius 1 is 1.04 bits per heavy atom. The van der Waals surface area contributed by atoms with Gasteiger partial charge in [-0.15, -0.1) is 0 Å². The van der Waals surface area contributed by atoms with Gasteiger partial charge in [0, 0.05) is 32.4 Å². The number of rotatable bonds is 5. The van der Waals surface area contributed by atoms with Gasteiger partial charge in [0.1, 0.15) is 0 Å². The Morgan fingerprint density at radius 3 is 2.54 bits per heavy atom. The summed E-state index contributed by atoms with van der Waals surface area (Å²) in [7, 11) is 0. The number of likely N-dealkylation sites (tertiary alicyclic amines) is 2. The highest BCUT2D eigenvalue weighted by molar-refractivity contribution is 5.94. The summed E-state index contributed by atoms with van der Waals surface area (Å²) in [6.07, 6.45) is 7.00. The molecule has 2 fully saturated rings. The second-order valence-corrected chi connectivity index (χ2v) is 8.07. The van der Waals surface area contributed by atoms with Gasteiger partial charge in [0.25, 0.3) is 5.91 Å². The van der Waals surface area contributed by atoms with Crippen molar-refractivity contribution in [2.75, 3.05) is 32.7 Å². The van der Waals surface area contributed by atoms with Crippen LogP contribution in [0.5, 0.6) is 0 Å². The zero-order chi connectivity index (χ0) is 19.3. The molecule has 3 heterocycles. The van der Waals surface area contributed by atoms with Gasteiger partial charge in [0.05, 0.1) is 11.8 Å². The Kier molecular flexibility index (Phi) is 6.01. The van der Waals surface area contributed by atoms with Gasteiger partial charge in [-0.25, -0.2) is 4.39 Å². The predicted octanol–water partition coefficient (Wildman–Crippen LogP) is 3.64. The molecular weight excluding hydrogens is 353 g/mol. The van der Waals surface area contributed by atoms with Crippen LogP contribution in [-0.2, 0) is 6.42 Å². The van der Waals surface area contributed by atoms with Crippen molar-refractivity contribution < 1.29 is 9.18 Å². The van der Waals surface area contributed by atoms with Crippen molar-refractivity contribution in [3.05, 3.63) is 65.7 Å². The van der Waals surface area contributed by atoms with Gasteiger partial charge < -0.3 is 9.80 Å². The molecular formula is C23H28FN3O. The number of carbonyl (C=O) groups excluding carboxylic acids is 1. The number of carbonyl (C=O) groups is 1. The monoisotopic (exact) mass is 381 g/mol. The summed E-state index contributed by atoms with van der Waals surface area (Å²) in [5.41, 5.74) is 1.54. The molecule has 2 aliphatic rings. The van der Waals surface area contributed by atoms with Gasteiger partial charge >= 0.3 is 0 Å². The first-order valence-electron chi connectivity index (χ1n) is 10.4. The number of amides is 1. The molecule has 2 saturated heterocycles. The number of aromatic nitrogens is 1. The number of pyridine rings is 1. The molecule has 1 atom stereocenters. The Hall–Kier alpha value is -2.27. The van der Waals surface area contributed by atoms with E-state index < -0.39 is 5.82 Å². The normalized spacial score (nSPS) is 21.2. The van der Waals surface area contributed by atoms with Crippen LogP contribution in [0.25, 0.3) is 0 Å². The van der Waals surface area contributed by atoms with E-state index in [9.17, 15) is 9.18 Å². The van der Waals surface area contributed by atoms with E-state index in [1.54, 1.807) is 4.90 Å². The largest absolute Gasteiger partial charge is 0.339 e. The summed E-state index contributed by atoms with van der Waals surface area (Å²) < 4.78 is 13.8. The summed E-state index contributed by atoms with van der Waals surface area (Å²) in [6, 6.07) is 12.2. The maximum absolute atomic E-state index is 13.8. The van der Waals surface area contributed by atoms with Crippen LogP contribution in [0.15, 0.2) is 48.8 Å². The van der Waals surface area contributed by atoms with Gasteiger partial charge in [-0.3, -0.25) is 9.78 Å². The number of hydrogen-bond donors (Lipinski definition) is 0. The van der Waals surface area contributed by atoms with Gasteiger partial charge in [0.15, 0.2) is 5.82 Å². The number of benzene rings is 1. The summed E-state index contributed by atoms with van der Waals surface area (Å²) >= 11 is 0. The molecule has 0 bridgehead atoms. The molecule has 0 radical (unpaired) electrons. The van der Waals surface area contributed by atoms with Crippen molar-refractivity contribution in [1.29, 1.82) is 0 Å². The summed E-state index contributed by atoms with van der Waals surface area (Å²) in [6.45, 7) is 4.93. The van der Waals surface area contributed by atoms with E-state index in [-0.39, 0.29) is 11.5 Å². The number of hydrogen-bond acceptors (Lipinski definition) is 3. The maximum atomic E-state index is 13.8. The SMILES string of the molecule is O=C(c1ccncc1F)N1CCC(C2CCN(CCc3ccccc3)C2)CC1. The van der Waals surface area contributed by atoms with Crippen molar-refractivity contribution in [2.24, 2.45) is 11.8 Å².